The van der Waals surface area contributed by atoms with Crippen LogP contribution in [0.25, 0.3) is 17.4 Å². The van der Waals surface area contributed by atoms with Gasteiger partial charge in [0.1, 0.15) is 15.8 Å². The van der Waals surface area contributed by atoms with Gasteiger partial charge in [0.05, 0.1) is 16.3 Å². The van der Waals surface area contributed by atoms with E-state index in [2.05, 4.69) is 0 Å². The number of ether oxygens (including phenoxy) is 2. The van der Waals surface area contributed by atoms with E-state index in [1.165, 1.54) is 28.8 Å². The Balaban J connectivity index is 1.32. The van der Waals surface area contributed by atoms with E-state index in [-0.39, 0.29) is 17.6 Å². The van der Waals surface area contributed by atoms with Crippen molar-refractivity contribution in [1.82, 2.24) is 4.90 Å². The minimum Gasteiger partial charge on any atom is -0.457 e. The van der Waals surface area contributed by atoms with E-state index in [1.807, 2.05) is 18.2 Å². The summed E-state index contributed by atoms with van der Waals surface area (Å²) in [5, 5.41) is 5.13. The summed E-state index contributed by atoms with van der Waals surface area (Å²) in [5.74, 6) is 2.12. The highest BCUT2D eigenvalue weighted by atomic mass is 32.2. The molecule has 2 aromatic carbocycles. The molecule has 8 nitrogen and oxygen atoms in total. The molecule has 2 N–H and O–H groups in total. The van der Waals surface area contributed by atoms with Gasteiger partial charge < -0.3 is 13.9 Å². The first-order valence-corrected chi connectivity index (χ1v) is 12.4. The van der Waals surface area contributed by atoms with Crippen molar-refractivity contribution in [3.63, 3.8) is 0 Å². The Morgan fingerprint density at radius 2 is 1.82 bits per heavy atom. The maximum absolute atomic E-state index is 12.9. The predicted octanol–water partition coefficient (Wildman–Crippen LogP) is 3.72. The Hall–Kier alpha value is -3.12. The summed E-state index contributed by atoms with van der Waals surface area (Å²) < 4.78 is 39.8. The van der Waals surface area contributed by atoms with Crippen molar-refractivity contribution < 1.29 is 27.1 Å². The quantitative estimate of drug-likeness (QED) is 0.417. The fourth-order valence-electron chi connectivity index (χ4n) is 3.38. The maximum Gasteiger partial charge on any atom is 0.266 e. The molecule has 1 amide bonds. The average Bonchev–Trinajstić information content (AvgIpc) is 3.50. The van der Waals surface area contributed by atoms with Crippen LogP contribution >= 0.6 is 24.0 Å². The number of hydrogen-bond donors (Lipinski definition) is 1. The first-order chi connectivity index (χ1) is 15.8. The molecule has 0 spiro atoms. The number of thiocarbonyl (C=S) groups is 1. The molecule has 3 aromatic rings. The van der Waals surface area contributed by atoms with Crippen LogP contribution in [0.5, 0.6) is 11.5 Å². The number of carbonyl (C=O) groups excluding carboxylic acids is 1. The van der Waals surface area contributed by atoms with Gasteiger partial charge in [-0.2, -0.15) is 0 Å². The van der Waals surface area contributed by atoms with Crippen molar-refractivity contribution in [3.8, 4) is 22.8 Å². The van der Waals surface area contributed by atoms with Gasteiger partial charge >= 0.3 is 0 Å². The van der Waals surface area contributed by atoms with Crippen LogP contribution in [0.3, 0.4) is 0 Å². The molecule has 33 heavy (non-hydrogen) atoms. The Labute approximate surface area is 199 Å². The predicted molar refractivity (Wildman–Crippen MR) is 127 cm³/mol. The van der Waals surface area contributed by atoms with Crippen molar-refractivity contribution in [1.29, 1.82) is 0 Å². The van der Waals surface area contributed by atoms with E-state index in [9.17, 15) is 13.2 Å². The third kappa shape index (κ3) is 4.40. The molecule has 0 radical (unpaired) electrons. The van der Waals surface area contributed by atoms with E-state index in [4.69, 9.17) is 31.2 Å². The summed E-state index contributed by atoms with van der Waals surface area (Å²) >= 11 is 6.62. The normalized spacial score (nSPS) is 16.8. The molecule has 1 saturated heterocycles. The molecular formula is C22H16N2O6S3. The number of thioether (sulfide) groups is 1. The van der Waals surface area contributed by atoms with Gasteiger partial charge in [0.25, 0.3) is 5.91 Å². The number of carbonyl (C=O) groups is 1. The largest absolute Gasteiger partial charge is 0.457 e. The van der Waals surface area contributed by atoms with Crippen LogP contribution in [0.4, 0.5) is 0 Å². The highest BCUT2D eigenvalue weighted by molar-refractivity contribution is 8.26. The Morgan fingerprint density at radius 1 is 1.06 bits per heavy atom. The third-order valence-corrected chi connectivity index (χ3v) is 7.33. The van der Waals surface area contributed by atoms with Crippen LogP contribution in [0.15, 0.2) is 68.8 Å². The molecule has 2 aliphatic rings. The zero-order chi connectivity index (χ0) is 23.2. The van der Waals surface area contributed by atoms with Crippen LogP contribution in [0, 0.1) is 0 Å². The van der Waals surface area contributed by atoms with E-state index in [1.54, 1.807) is 30.3 Å². The average molecular weight is 501 g/mol. The molecule has 3 heterocycles. The van der Waals surface area contributed by atoms with E-state index in [0.717, 1.165) is 5.56 Å². The van der Waals surface area contributed by atoms with Crippen LogP contribution in [0.2, 0.25) is 0 Å². The smallest absolute Gasteiger partial charge is 0.266 e. The third-order valence-electron chi connectivity index (χ3n) is 5.02. The van der Waals surface area contributed by atoms with Crippen molar-refractivity contribution in [2.24, 2.45) is 5.14 Å². The minimum absolute atomic E-state index is 0.0177. The topological polar surface area (TPSA) is 112 Å². The molecule has 0 bridgehead atoms. The Bertz CT molecular complexity index is 1410. The minimum atomic E-state index is -3.77. The number of hydrogen-bond acceptors (Lipinski definition) is 8. The first kappa shape index (κ1) is 21.7. The highest BCUT2D eigenvalue weighted by Crippen LogP contribution is 2.37. The molecule has 1 aromatic heterocycles. The van der Waals surface area contributed by atoms with E-state index in [0.29, 0.717) is 44.4 Å². The van der Waals surface area contributed by atoms with Gasteiger partial charge in [0.2, 0.25) is 16.8 Å². The molecule has 1 fully saturated rings. The molecular weight excluding hydrogens is 484 g/mol. The lowest BCUT2D eigenvalue weighted by Crippen LogP contribution is -2.27. The first-order valence-electron chi connectivity index (χ1n) is 9.65. The van der Waals surface area contributed by atoms with Gasteiger partial charge in [-0.3, -0.25) is 9.69 Å². The number of sulfonamides is 1. The van der Waals surface area contributed by atoms with E-state index >= 15 is 0 Å². The number of nitrogens with zero attached hydrogens (tertiary/aromatic N) is 1. The molecule has 2 aliphatic heterocycles. The second kappa shape index (κ2) is 8.34. The standard InChI is InChI=1S/C22H16N2O6S3/c23-33(26,27)16-5-2-14(3-6-16)17-8-4-15(30-17)10-20-21(25)24(22(31)32-20)11-13-1-7-18-19(9-13)29-12-28-18/h1-10H,11-12H2,(H2,23,26,27). The Kier molecular flexibility index (Phi) is 5.49. The molecule has 0 atom stereocenters. The summed E-state index contributed by atoms with van der Waals surface area (Å²) in [6.45, 7) is 0.502. The number of fused-ring (bicyclic) bond motifs is 1. The SMILES string of the molecule is NS(=O)(=O)c1ccc(-c2ccc(C=C3SC(=S)N(Cc4ccc5c(c4)OCO5)C3=O)o2)cc1. The summed E-state index contributed by atoms with van der Waals surface area (Å²) in [6.07, 6.45) is 1.64. The van der Waals surface area contributed by atoms with Gasteiger partial charge in [-0.15, -0.1) is 0 Å². The number of furan rings is 1. The fraction of sp³-hybridized carbons (Fsp3) is 0.0909. The molecule has 0 aliphatic carbocycles. The summed E-state index contributed by atoms with van der Waals surface area (Å²) in [5.41, 5.74) is 1.55. The van der Waals surface area contributed by atoms with Gasteiger partial charge in [-0.05, 0) is 54.1 Å². The summed E-state index contributed by atoms with van der Waals surface area (Å²) in [4.78, 5) is 14.9. The lowest BCUT2D eigenvalue weighted by atomic mass is 10.2. The number of amides is 1. The molecule has 168 valence electrons. The van der Waals surface area contributed by atoms with Crippen LogP contribution in [-0.4, -0.2) is 30.3 Å². The number of nitrogens with two attached hydrogens (primary N) is 1. The number of benzene rings is 2. The van der Waals surface area contributed by atoms with Gasteiger partial charge in [0, 0.05) is 11.6 Å². The molecule has 0 unspecified atom stereocenters. The second-order valence-corrected chi connectivity index (χ2v) is 10.5. The zero-order valence-electron chi connectivity index (χ0n) is 16.9. The molecule has 0 saturated carbocycles. The highest BCUT2D eigenvalue weighted by Gasteiger charge is 2.32. The zero-order valence-corrected chi connectivity index (χ0v) is 19.3. The van der Waals surface area contributed by atoms with Crippen LogP contribution < -0.4 is 14.6 Å². The monoisotopic (exact) mass is 500 g/mol. The molecule has 11 heteroatoms. The van der Waals surface area contributed by atoms with E-state index < -0.39 is 10.0 Å². The number of primary sulfonamides is 1. The van der Waals surface area contributed by atoms with Crippen LogP contribution in [0.1, 0.15) is 11.3 Å². The van der Waals surface area contributed by atoms with Crippen LogP contribution in [-0.2, 0) is 21.4 Å². The van der Waals surface area contributed by atoms with Crippen molar-refractivity contribution in [3.05, 3.63) is 70.8 Å². The maximum atomic E-state index is 12.9. The number of rotatable bonds is 5. The Morgan fingerprint density at radius 3 is 2.58 bits per heavy atom. The van der Waals surface area contributed by atoms with Crippen molar-refractivity contribution >= 4 is 50.3 Å². The van der Waals surface area contributed by atoms with Gasteiger partial charge in [0.15, 0.2) is 11.5 Å². The lowest BCUT2D eigenvalue weighted by molar-refractivity contribution is -0.122. The van der Waals surface area contributed by atoms with Crippen molar-refractivity contribution in [2.75, 3.05) is 6.79 Å². The lowest BCUT2D eigenvalue weighted by Gasteiger charge is -2.14. The summed E-state index contributed by atoms with van der Waals surface area (Å²) in [6, 6.07) is 15.0. The fourth-order valence-corrected chi connectivity index (χ4v) is 5.13. The van der Waals surface area contributed by atoms with Gasteiger partial charge in [-0.25, -0.2) is 13.6 Å². The van der Waals surface area contributed by atoms with Gasteiger partial charge in [-0.1, -0.05) is 30.0 Å². The summed E-state index contributed by atoms with van der Waals surface area (Å²) in [7, 11) is -3.77. The molecule has 5 rings (SSSR count). The van der Waals surface area contributed by atoms with Crippen molar-refractivity contribution in [2.45, 2.75) is 11.4 Å². The second-order valence-electron chi connectivity index (χ2n) is 7.23.